The first-order chi connectivity index (χ1) is 9.78. The largest absolute Gasteiger partial charge is 0.464 e. The molecule has 3 heteroatoms. The minimum absolute atomic E-state index is 0.195. The molecule has 20 heavy (non-hydrogen) atoms. The van der Waals surface area contributed by atoms with E-state index in [1.807, 2.05) is 61.5 Å². The van der Waals surface area contributed by atoms with Crippen LogP contribution in [0, 0.1) is 18.3 Å². The normalized spacial score (nSPS) is 11.6. The minimum atomic E-state index is -0.553. The number of ether oxygens (including phenoxy) is 2. The maximum absolute atomic E-state index is 8.85. The fourth-order valence-corrected chi connectivity index (χ4v) is 1.74. The van der Waals surface area contributed by atoms with Gasteiger partial charge in [0.15, 0.2) is 0 Å². The average Bonchev–Trinajstić information content (AvgIpc) is 2.48. The van der Waals surface area contributed by atoms with Crippen molar-refractivity contribution >= 4 is 0 Å². The highest BCUT2D eigenvalue weighted by molar-refractivity contribution is 5.26. The summed E-state index contributed by atoms with van der Waals surface area (Å²) in [5.41, 5.74) is 2.22. The molecule has 0 N–H and O–H groups in total. The maximum Gasteiger partial charge on any atom is 0.213 e. The molecule has 2 aromatic carbocycles. The first kappa shape index (κ1) is 14.1. The third kappa shape index (κ3) is 4.42. The Morgan fingerprint density at radius 2 is 1.75 bits per heavy atom. The highest BCUT2D eigenvalue weighted by atomic mass is 16.7. The second-order valence-corrected chi connectivity index (χ2v) is 4.52. The molecule has 0 bridgehead atoms. The summed E-state index contributed by atoms with van der Waals surface area (Å²) in [4.78, 5) is 0. The molecule has 2 aromatic rings. The fraction of sp³-hybridized carbons (Fsp3) is 0.235. The van der Waals surface area contributed by atoms with Gasteiger partial charge in [0.25, 0.3) is 0 Å². The Morgan fingerprint density at radius 1 is 1.05 bits per heavy atom. The van der Waals surface area contributed by atoms with Gasteiger partial charge in [0.2, 0.25) is 6.29 Å². The lowest BCUT2D eigenvalue weighted by atomic mass is 10.2. The van der Waals surface area contributed by atoms with E-state index in [-0.39, 0.29) is 6.42 Å². The lowest BCUT2D eigenvalue weighted by molar-refractivity contribution is -0.0853. The molecule has 1 unspecified atom stereocenters. The van der Waals surface area contributed by atoms with Crippen molar-refractivity contribution < 1.29 is 9.47 Å². The van der Waals surface area contributed by atoms with E-state index in [0.717, 1.165) is 5.56 Å². The first-order valence-electron chi connectivity index (χ1n) is 6.54. The van der Waals surface area contributed by atoms with Crippen LogP contribution in [-0.2, 0) is 11.3 Å². The molecule has 0 spiro atoms. The van der Waals surface area contributed by atoms with E-state index in [1.165, 1.54) is 5.56 Å². The van der Waals surface area contributed by atoms with Gasteiger partial charge in [-0.1, -0.05) is 48.0 Å². The molecule has 0 aliphatic heterocycles. The molecule has 0 fully saturated rings. The molecule has 0 aliphatic carbocycles. The van der Waals surface area contributed by atoms with Crippen LogP contribution in [0.4, 0.5) is 0 Å². The Hall–Kier alpha value is -2.31. The zero-order valence-electron chi connectivity index (χ0n) is 11.5. The molecule has 0 saturated heterocycles. The van der Waals surface area contributed by atoms with Crippen LogP contribution in [0.2, 0.25) is 0 Å². The van der Waals surface area contributed by atoms with Crippen molar-refractivity contribution in [2.24, 2.45) is 0 Å². The van der Waals surface area contributed by atoms with Crippen molar-refractivity contribution in [3.05, 3.63) is 65.7 Å². The second kappa shape index (κ2) is 7.32. The van der Waals surface area contributed by atoms with Crippen LogP contribution in [0.5, 0.6) is 5.75 Å². The molecule has 0 radical (unpaired) electrons. The predicted octanol–water partition coefficient (Wildman–Crippen LogP) is 3.83. The summed E-state index contributed by atoms with van der Waals surface area (Å²) < 4.78 is 11.3. The number of aryl methyl sites for hydroxylation is 1. The van der Waals surface area contributed by atoms with E-state index in [9.17, 15) is 0 Å². The molecule has 0 heterocycles. The molecule has 0 amide bonds. The topological polar surface area (TPSA) is 42.2 Å². The first-order valence-corrected chi connectivity index (χ1v) is 6.54. The number of hydrogen-bond acceptors (Lipinski definition) is 3. The number of nitrogens with zero attached hydrogens (tertiary/aromatic N) is 1. The Balaban J connectivity index is 1.93. The van der Waals surface area contributed by atoms with E-state index in [1.54, 1.807) is 0 Å². The number of rotatable bonds is 6. The summed E-state index contributed by atoms with van der Waals surface area (Å²) in [6.45, 7) is 2.45. The zero-order chi connectivity index (χ0) is 14.2. The van der Waals surface area contributed by atoms with Crippen molar-refractivity contribution in [2.75, 3.05) is 0 Å². The standard InChI is InChI=1S/C17H17NO2/c1-14-7-9-16(10-8-14)20-17(11-12-18)19-13-15-5-3-2-4-6-15/h2-10,17H,11,13H2,1H3. The molecular formula is C17H17NO2. The van der Waals surface area contributed by atoms with Crippen molar-refractivity contribution in [1.82, 2.24) is 0 Å². The molecule has 102 valence electrons. The number of nitriles is 1. The highest BCUT2D eigenvalue weighted by Gasteiger charge is 2.10. The molecule has 0 saturated carbocycles. The van der Waals surface area contributed by atoms with E-state index >= 15 is 0 Å². The van der Waals surface area contributed by atoms with Crippen molar-refractivity contribution in [3.8, 4) is 11.8 Å². The van der Waals surface area contributed by atoms with Crippen molar-refractivity contribution in [1.29, 1.82) is 5.26 Å². The average molecular weight is 267 g/mol. The summed E-state index contributed by atoms with van der Waals surface area (Å²) in [5, 5.41) is 8.85. The van der Waals surface area contributed by atoms with Gasteiger partial charge in [0, 0.05) is 0 Å². The fourth-order valence-electron chi connectivity index (χ4n) is 1.74. The summed E-state index contributed by atoms with van der Waals surface area (Å²) >= 11 is 0. The quantitative estimate of drug-likeness (QED) is 0.747. The summed E-state index contributed by atoms with van der Waals surface area (Å²) in [6.07, 6.45) is -0.358. The number of benzene rings is 2. The minimum Gasteiger partial charge on any atom is -0.464 e. The van der Waals surface area contributed by atoms with Gasteiger partial charge in [0.05, 0.1) is 19.1 Å². The number of hydrogen-bond donors (Lipinski definition) is 0. The van der Waals surface area contributed by atoms with Crippen LogP contribution in [0.25, 0.3) is 0 Å². The molecule has 0 aromatic heterocycles. The lowest BCUT2D eigenvalue weighted by Crippen LogP contribution is -2.20. The molecule has 1 atom stereocenters. The third-order valence-corrected chi connectivity index (χ3v) is 2.83. The van der Waals surface area contributed by atoms with Gasteiger partial charge in [-0.25, -0.2) is 0 Å². The molecular weight excluding hydrogens is 250 g/mol. The summed E-state index contributed by atoms with van der Waals surface area (Å²) in [7, 11) is 0. The Bertz CT molecular complexity index is 558. The van der Waals surface area contributed by atoms with E-state index in [4.69, 9.17) is 14.7 Å². The summed E-state index contributed by atoms with van der Waals surface area (Å²) in [5.74, 6) is 0.712. The van der Waals surface area contributed by atoms with E-state index < -0.39 is 6.29 Å². The van der Waals surface area contributed by atoms with Gasteiger partial charge in [-0.2, -0.15) is 5.26 Å². The highest BCUT2D eigenvalue weighted by Crippen LogP contribution is 2.16. The van der Waals surface area contributed by atoms with Crippen LogP contribution in [-0.4, -0.2) is 6.29 Å². The Labute approximate surface area is 119 Å². The van der Waals surface area contributed by atoms with Crippen LogP contribution in [0.15, 0.2) is 54.6 Å². The smallest absolute Gasteiger partial charge is 0.213 e. The second-order valence-electron chi connectivity index (χ2n) is 4.52. The third-order valence-electron chi connectivity index (χ3n) is 2.83. The SMILES string of the molecule is Cc1ccc(OC(CC#N)OCc2ccccc2)cc1. The van der Waals surface area contributed by atoms with E-state index in [2.05, 4.69) is 6.07 Å². The van der Waals surface area contributed by atoms with Crippen LogP contribution < -0.4 is 4.74 Å². The molecule has 2 rings (SSSR count). The van der Waals surface area contributed by atoms with Crippen LogP contribution >= 0.6 is 0 Å². The Kier molecular flexibility index (Phi) is 5.16. The Morgan fingerprint density at radius 3 is 2.40 bits per heavy atom. The van der Waals surface area contributed by atoms with Gasteiger partial charge in [0.1, 0.15) is 5.75 Å². The van der Waals surface area contributed by atoms with E-state index in [0.29, 0.717) is 12.4 Å². The van der Waals surface area contributed by atoms with Crippen LogP contribution in [0.3, 0.4) is 0 Å². The zero-order valence-corrected chi connectivity index (χ0v) is 11.5. The van der Waals surface area contributed by atoms with Crippen LogP contribution in [0.1, 0.15) is 17.5 Å². The van der Waals surface area contributed by atoms with Gasteiger partial charge >= 0.3 is 0 Å². The maximum atomic E-state index is 8.85. The van der Waals surface area contributed by atoms with Gasteiger partial charge < -0.3 is 9.47 Å². The monoisotopic (exact) mass is 267 g/mol. The van der Waals surface area contributed by atoms with Crippen molar-refractivity contribution in [2.45, 2.75) is 26.2 Å². The molecule has 3 nitrogen and oxygen atoms in total. The van der Waals surface area contributed by atoms with Gasteiger partial charge in [-0.3, -0.25) is 0 Å². The molecule has 0 aliphatic rings. The van der Waals surface area contributed by atoms with Gasteiger partial charge in [-0.15, -0.1) is 0 Å². The van der Waals surface area contributed by atoms with Gasteiger partial charge in [-0.05, 0) is 24.6 Å². The predicted molar refractivity (Wildman–Crippen MR) is 77.1 cm³/mol. The lowest BCUT2D eigenvalue weighted by Gasteiger charge is -2.17. The van der Waals surface area contributed by atoms with Crippen molar-refractivity contribution in [3.63, 3.8) is 0 Å². The summed E-state index contributed by atoms with van der Waals surface area (Å²) in [6, 6.07) is 19.6.